The molecule has 2 fully saturated rings. The van der Waals surface area contributed by atoms with Crippen molar-refractivity contribution in [1.29, 1.82) is 0 Å². The van der Waals surface area contributed by atoms with Gasteiger partial charge < -0.3 is 14.5 Å². The third-order valence-electron chi connectivity index (χ3n) is 3.65. The van der Waals surface area contributed by atoms with E-state index in [0.29, 0.717) is 13.2 Å². The predicted molar refractivity (Wildman–Crippen MR) is 62.5 cm³/mol. The van der Waals surface area contributed by atoms with Gasteiger partial charge in [-0.25, -0.2) is 0 Å². The largest absolute Gasteiger partial charge is 0.471 e. The number of ether oxygens (including phenoxy) is 1. The number of halogens is 3. The quantitative estimate of drug-likeness (QED) is 0.725. The highest BCUT2D eigenvalue weighted by Crippen LogP contribution is 2.25. The molecular formula is C12H17F3N2O3. The standard InChI is InChI=1S/C12H17F3N2O3/c13-12(14,15)11(19)16-5-2-9(3-6-16)10(18)17-4-1-7-20-8-17/h9H,1-8H2. The third kappa shape index (κ3) is 3.41. The number of hydrogen-bond acceptors (Lipinski definition) is 3. The lowest BCUT2D eigenvalue weighted by Crippen LogP contribution is -2.49. The van der Waals surface area contributed by atoms with E-state index in [9.17, 15) is 22.8 Å². The molecule has 8 heteroatoms. The lowest BCUT2D eigenvalue weighted by molar-refractivity contribution is -0.187. The average molecular weight is 294 g/mol. The summed E-state index contributed by atoms with van der Waals surface area (Å²) < 4.78 is 42.1. The highest BCUT2D eigenvalue weighted by Gasteiger charge is 2.44. The minimum atomic E-state index is -4.84. The number of carbonyl (C=O) groups is 2. The molecule has 0 N–H and O–H groups in total. The fourth-order valence-corrected chi connectivity index (χ4v) is 2.54. The summed E-state index contributed by atoms with van der Waals surface area (Å²) in [5.41, 5.74) is 0. The molecule has 0 bridgehead atoms. The van der Waals surface area contributed by atoms with Crippen molar-refractivity contribution in [1.82, 2.24) is 9.80 Å². The van der Waals surface area contributed by atoms with Gasteiger partial charge in [-0.2, -0.15) is 13.2 Å². The van der Waals surface area contributed by atoms with Crippen molar-refractivity contribution in [2.75, 3.05) is 33.0 Å². The summed E-state index contributed by atoms with van der Waals surface area (Å²) in [6.45, 7) is 1.45. The van der Waals surface area contributed by atoms with Crippen molar-refractivity contribution in [3.05, 3.63) is 0 Å². The first-order valence-electron chi connectivity index (χ1n) is 6.62. The van der Waals surface area contributed by atoms with Gasteiger partial charge >= 0.3 is 12.1 Å². The molecule has 0 atom stereocenters. The first kappa shape index (κ1) is 15.1. The number of likely N-dealkylation sites (tertiary alicyclic amines) is 1. The monoisotopic (exact) mass is 294 g/mol. The second-order valence-electron chi connectivity index (χ2n) is 5.06. The predicted octanol–water partition coefficient (Wildman–Crippen LogP) is 0.994. The molecule has 114 valence electrons. The smallest absolute Gasteiger partial charge is 0.361 e. The Morgan fingerprint density at radius 3 is 2.20 bits per heavy atom. The van der Waals surface area contributed by atoms with Crippen LogP contribution < -0.4 is 0 Å². The fourth-order valence-electron chi connectivity index (χ4n) is 2.54. The second-order valence-corrected chi connectivity index (χ2v) is 5.06. The van der Waals surface area contributed by atoms with Crippen molar-refractivity contribution in [2.24, 2.45) is 5.92 Å². The van der Waals surface area contributed by atoms with Crippen molar-refractivity contribution < 1.29 is 27.5 Å². The van der Waals surface area contributed by atoms with E-state index >= 15 is 0 Å². The van der Waals surface area contributed by atoms with Crippen LogP contribution in [-0.2, 0) is 14.3 Å². The molecular weight excluding hydrogens is 277 g/mol. The summed E-state index contributed by atoms with van der Waals surface area (Å²) in [6, 6.07) is 0. The SMILES string of the molecule is O=C(C1CCN(C(=O)C(F)(F)F)CC1)N1CCCOC1. The summed E-state index contributed by atoms with van der Waals surface area (Å²) in [5, 5.41) is 0. The van der Waals surface area contributed by atoms with Crippen LogP contribution in [0.4, 0.5) is 13.2 Å². The number of nitrogens with zero attached hydrogens (tertiary/aromatic N) is 2. The van der Waals surface area contributed by atoms with Gasteiger partial charge in [0, 0.05) is 25.6 Å². The first-order chi connectivity index (χ1) is 9.39. The van der Waals surface area contributed by atoms with Crippen molar-refractivity contribution >= 4 is 11.8 Å². The summed E-state index contributed by atoms with van der Waals surface area (Å²) in [7, 11) is 0. The van der Waals surface area contributed by atoms with Gasteiger partial charge in [0.2, 0.25) is 5.91 Å². The summed E-state index contributed by atoms with van der Waals surface area (Å²) in [5.74, 6) is -2.21. The number of rotatable bonds is 1. The molecule has 0 aromatic carbocycles. The van der Waals surface area contributed by atoms with Gasteiger partial charge in [0.15, 0.2) is 0 Å². The number of amides is 2. The van der Waals surface area contributed by atoms with Crippen LogP contribution in [0.2, 0.25) is 0 Å². The van der Waals surface area contributed by atoms with Gasteiger partial charge in [-0.1, -0.05) is 0 Å². The molecule has 5 nitrogen and oxygen atoms in total. The van der Waals surface area contributed by atoms with Gasteiger partial charge in [-0.15, -0.1) is 0 Å². The Morgan fingerprint density at radius 2 is 1.70 bits per heavy atom. The molecule has 0 aliphatic carbocycles. The molecule has 2 saturated heterocycles. The molecule has 2 rings (SSSR count). The van der Waals surface area contributed by atoms with Crippen molar-refractivity contribution in [3.63, 3.8) is 0 Å². The zero-order valence-electron chi connectivity index (χ0n) is 11.0. The van der Waals surface area contributed by atoms with Crippen LogP contribution in [-0.4, -0.2) is 60.8 Å². The Morgan fingerprint density at radius 1 is 1.05 bits per heavy atom. The van der Waals surface area contributed by atoms with Crippen molar-refractivity contribution in [2.45, 2.75) is 25.4 Å². The van der Waals surface area contributed by atoms with Gasteiger partial charge in [-0.3, -0.25) is 9.59 Å². The van der Waals surface area contributed by atoms with Crippen LogP contribution in [0, 0.1) is 5.92 Å². The van der Waals surface area contributed by atoms with E-state index in [2.05, 4.69) is 0 Å². The Bertz CT molecular complexity index is 373. The third-order valence-corrected chi connectivity index (χ3v) is 3.65. The number of piperidine rings is 1. The van der Waals surface area contributed by atoms with Crippen LogP contribution in [0.15, 0.2) is 0 Å². The maximum Gasteiger partial charge on any atom is 0.471 e. The minimum absolute atomic E-state index is 0.0244. The minimum Gasteiger partial charge on any atom is -0.361 e. The molecule has 2 aliphatic heterocycles. The van der Waals surface area contributed by atoms with E-state index in [0.717, 1.165) is 11.3 Å². The van der Waals surface area contributed by atoms with E-state index in [1.807, 2.05) is 0 Å². The maximum atomic E-state index is 12.3. The topological polar surface area (TPSA) is 49.9 Å². The van der Waals surface area contributed by atoms with E-state index in [1.165, 1.54) is 0 Å². The highest BCUT2D eigenvalue weighted by atomic mass is 19.4. The lowest BCUT2D eigenvalue weighted by Gasteiger charge is -2.35. The van der Waals surface area contributed by atoms with E-state index in [1.54, 1.807) is 4.90 Å². The average Bonchev–Trinajstić information content (AvgIpc) is 2.46. The van der Waals surface area contributed by atoms with Crippen LogP contribution in [0.1, 0.15) is 19.3 Å². The van der Waals surface area contributed by atoms with Gasteiger partial charge in [0.05, 0.1) is 6.61 Å². The normalized spacial score (nSPS) is 21.9. The first-order valence-corrected chi connectivity index (χ1v) is 6.62. The van der Waals surface area contributed by atoms with Gasteiger partial charge in [-0.05, 0) is 19.3 Å². The van der Waals surface area contributed by atoms with Crippen LogP contribution in [0.3, 0.4) is 0 Å². The fraction of sp³-hybridized carbons (Fsp3) is 0.833. The molecule has 2 aliphatic rings. The Labute approximate surface area is 114 Å². The molecule has 0 spiro atoms. The molecule has 0 unspecified atom stereocenters. The summed E-state index contributed by atoms with van der Waals surface area (Å²) in [6.07, 6.45) is -3.51. The molecule has 2 amide bonds. The van der Waals surface area contributed by atoms with Crippen LogP contribution in [0.5, 0.6) is 0 Å². The zero-order chi connectivity index (χ0) is 14.8. The van der Waals surface area contributed by atoms with Crippen molar-refractivity contribution in [3.8, 4) is 0 Å². The highest BCUT2D eigenvalue weighted by molar-refractivity contribution is 5.83. The Balaban J connectivity index is 1.84. The summed E-state index contributed by atoms with van der Waals surface area (Å²) >= 11 is 0. The second kappa shape index (κ2) is 5.99. The Kier molecular flexibility index (Phi) is 4.52. The zero-order valence-corrected chi connectivity index (χ0v) is 11.0. The number of hydrogen-bond donors (Lipinski definition) is 0. The van der Waals surface area contributed by atoms with E-state index < -0.39 is 12.1 Å². The lowest BCUT2D eigenvalue weighted by atomic mass is 9.95. The van der Waals surface area contributed by atoms with E-state index in [4.69, 9.17) is 4.74 Å². The maximum absolute atomic E-state index is 12.3. The van der Waals surface area contributed by atoms with Gasteiger partial charge in [0.1, 0.15) is 6.73 Å². The molecule has 20 heavy (non-hydrogen) atoms. The Hall–Kier alpha value is -1.31. The molecule has 0 aromatic rings. The molecule has 2 heterocycles. The summed E-state index contributed by atoms with van der Waals surface area (Å²) in [4.78, 5) is 25.6. The molecule has 0 aromatic heterocycles. The molecule has 0 radical (unpaired) electrons. The van der Waals surface area contributed by atoms with Gasteiger partial charge in [0.25, 0.3) is 0 Å². The van der Waals surface area contributed by atoms with Crippen LogP contribution >= 0.6 is 0 Å². The number of carbonyl (C=O) groups excluding carboxylic acids is 2. The van der Waals surface area contributed by atoms with E-state index in [-0.39, 0.29) is 44.5 Å². The molecule has 0 saturated carbocycles. The number of alkyl halides is 3. The van der Waals surface area contributed by atoms with Crippen LogP contribution in [0.25, 0.3) is 0 Å².